The Morgan fingerprint density at radius 3 is 3.00 bits per heavy atom. The fraction of sp³-hybridized carbons (Fsp3) is 0.545. The molecule has 4 N–H and O–H groups in total. The monoisotopic (exact) mass is 251 g/mol. The number of ether oxygens (including phenoxy) is 1. The van der Waals surface area contributed by atoms with Crippen LogP contribution in [-0.2, 0) is 4.79 Å². The zero-order valence-electron chi connectivity index (χ0n) is 10.3. The molecule has 1 saturated heterocycles. The fourth-order valence-electron chi connectivity index (χ4n) is 2.06. The van der Waals surface area contributed by atoms with Gasteiger partial charge in [0.2, 0.25) is 11.8 Å². The molecule has 1 atom stereocenters. The van der Waals surface area contributed by atoms with Gasteiger partial charge in [0.05, 0.1) is 12.5 Å². The number of nitrogens with two attached hydrogens (primary N) is 2. The van der Waals surface area contributed by atoms with E-state index in [0.29, 0.717) is 37.1 Å². The lowest BCUT2D eigenvalue weighted by atomic mass is 10.1. The highest BCUT2D eigenvalue weighted by Crippen LogP contribution is 2.31. The molecule has 1 unspecified atom stereocenters. The lowest BCUT2D eigenvalue weighted by molar-refractivity contribution is -0.121. The summed E-state index contributed by atoms with van der Waals surface area (Å²) in [6.07, 6.45) is 2.14. The molecule has 0 spiro atoms. The van der Waals surface area contributed by atoms with E-state index in [1.165, 1.54) is 6.33 Å². The molecule has 0 radical (unpaired) electrons. The molecule has 98 valence electrons. The molecule has 1 aromatic rings. The minimum atomic E-state index is -0.282. The molecule has 0 saturated carbocycles. The van der Waals surface area contributed by atoms with Crippen LogP contribution < -0.4 is 21.1 Å². The molecule has 1 aromatic heterocycles. The molecule has 2 heterocycles. The van der Waals surface area contributed by atoms with E-state index in [9.17, 15) is 4.79 Å². The van der Waals surface area contributed by atoms with Gasteiger partial charge < -0.3 is 21.1 Å². The van der Waals surface area contributed by atoms with E-state index >= 15 is 0 Å². The van der Waals surface area contributed by atoms with Gasteiger partial charge in [-0.25, -0.2) is 4.98 Å². The van der Waals surface area contributed by atoms with Crippen molar-refractivity contribution in [1.29, 1.82) is 0 Å². The van der Waals surface area contributed by atoms with Crippen molar-refractivity contribution in [1.82, 2.24) is 9.97 Å². The second kappa shape index (κ2) is 5.07. The number of aromatic nitrogens is 2. The van der Waals surface area contributed by atoms with E-state index in [0.717, 1.165) is 6.42 Å². The molecule has 1 amide bonds. The molecular formula is C11H17N5O2. The van der Waals surface area contributed by atoms with Crippen molar-refractivity contribution in [2.75, 3.05) is 30.3 Å². The zero-order chi connectivity index (χ0) is 13.1. The third-order valence-corrected chi connectivity index (χ3v) is 3.00. The molecule has 0 aliphatic carbocycles. The van der Waals surface area contributed by atoms with Crippen molar-refractivity contribution in [3.05, 3.63) is 6.33 Å². The Bertz CT molecular complexity index is 451. The van der Waals surface area contributed by atoms with Crippen molar-refractivity contribution in [2.24, 2.45) is 11.7 Å². The second-order valence-corrected chi connectivity index (χ2v) is 4.18. The maximum atomic E-state index is 11.1. The molecule has 0 bridgehead atoms. The number of amides is 1. The standard InChI is InChI=1S/C11H17N5O2/c1-2-18-11-8(12)10(14-6-15-11)16-4-3-7(5-16)9(13)17/h6-7H,2-5,12H2,1H3,(H2,13,17). The van der Waals surface area contributed by atoms with Crippen LogP contribution in [-0.4, -0.2) is 35.6 Å². The molecule has 7 nitrogen and oxygen atoms in total. The van der Waals surface area contributed by atoms with Gasteiger partial charge in [0.1, 0.15) is 12.0 Å². The summed E-state index contributed by atoms with van der Waals surface area (Å²) < 4.78 is 5.32. The minimum Gasteiger partial charge on any atom is -0.476 e. The van der Waals surface area contributed by atoms with Crippen molar-refractivity contribution < 1.29 is 9.53 Å². The average molecular weight is 251 g/mol. The number of carbonyl (C=O) groups excluding carboxylic acids is 1. The molecule has 2 rings (SSSR count). The van der Waals surface area contributed by atoms with Crippen LogP contribution in [0.5, 0.6) is 5.88 Å². The number of anilines is 2. The van der Waals surface area contributed by atoms with Crippen molar-refractivity contribution in [3.63, 3.8) is 0 Å². The maximum absolute atomic E-state index is 11.1. The van der Waals surface area contributed by atoms with Crippen LogP contribution in [0.25, 0.3) is 0 Å². The number of hydrogen-bond acceptors (Lipinski definition) is 6. The van der Waals surface area contributed by atoms with Crippen molar-refractivity contribution in [3.8, 4) is 5.88 Å². The fourth-order valence-corrected chi connectivity index (χ4v) is 2.06. The Morgan fingerprint density at radius 1 is 1.61 bits per heavy atom. The molecular weight excluding hydrogens is 234 g/mol. The first-order chi connectivity index (χ1) is 8.63. The van der Waals surface area contributed by atoms with Crippen LogP contribution in [0, 0.1) is 5.92 Å². The van der Waals surface area contributed by atoms with Gasteiger partial charge in [0, 0.05) is 13.1 Å². The van der Waals surface area contributed by atoms with Crippen LogP contribution >= 0.6 is 0 Å². The predicted molar refractivity (Wildman–Crippen MR) is 67.1 cm³/mol. The van der Waals surface area contributed by atoms with E-state index < -0.39 is 0 Å². The lowest BCUT2D eigenvalue weighted by Gasteiger charge is -2.19. The average Bonchev–Trinajstić information content (AvgIpc) is 2.81. The maximum Gasteiger partial charge on any atom is 0.242 e. The Hall–Kier alpha value is -2.05. The topological polar surface area (TPSA) is 107 Å². The van der Waals surface area contributed by atoms with Crippen LogP contribution in [0.1, 0.15) is 13.3 Å². The summed E-state index contributed by atoms with van der Waals surface area (Å²) >= 11 is 0. The highest BCUT2D eigenvalue weighted by Gasteiger charge is 2.29. The Kier molecular flexibility index (Phi) is 3.50. The Morgan fingerprint density at radius 2 is 2.39 bits per heavy atom. The minimum absolute atomic E-state index is 0.144. The second-order valence-electron chi connectivity index (χ2n) is 4.18. The number of nitrogens with zero attached hydrogens (tertiary/aromatic N) is 3. The number of primary amides is 1. The highest BCUT2D eigenvalue weighted by molar-refractivity contribution is 5.79. The number of carbonyl (C=O) groups is 1. The lowest BCUT2D eigenvalue weighted by Crippen LogP contribution is -2.28. The SMILES string of the molecule is CCOc1ncnc(N2CCC(C(N)=O)C2)c1N. The first-order valence-corrected chi connectivity index (χ1v) is 5.91. The summed E-state index contributed by atoms with van der Waals surface area (Å²) in [6, 6.07) is 0. The molecule has 18 heavy (non-hydrogen) atoms. The van der Waals surface area contributed by atoms with Gasteiger partial charge in [-0.15, -0.1) is 0 Å². The van der Waals surface area contributed by atoms with Crippen molar-refractivity contribution in [2.45, 2.75) is 13.3 Å². The van der Waals surface area contributed by atoms with Crippen LogP contribution in [0.4, 0.5) is 11.5 Å². The van der Waals surface area contributed by atoms with Crippen molar-refractivity contribution >= 4 is 17.4 Å². The van der Waals surface area contributed by atoms with E-state index in [-0.39, 0.29) is 11.8 Å². The molecule has 7 heteroatoms. The molecule has 1 aliphatic heterocycles. The van der Waals surface area contributed by atoms with E-state index in [4.69, 9.17) is 16.2 Å². The van der Waals surface area contributed by atoms with E-state index in [1.807, 2.05) is 11.8 Å². The highest BCUT2D eigenvalue weighted by atomic mass is 16.5. The van der Waals surface area contributed by atoms with Gasteiger partial charge in [0.15, 0.2) is 5.82 Å². The predicted octanol–water partition coefficient (Wildman–Crippen LogP) is -0.231. The Labute approximate surface area is 105 Å². The summed E-state index contributed by atoms with van der Waals surface area (Å²) in [5.74, 6) is 0.562. The molecule has 1 fully saturated rings. The summed E-state index contributed by atoms with van der Waals surface area (Å²) in [5.41, 5.74) is 11.7. The number of nitrogen functional groups attached to an aromatic ring is 1. The van der Waals surface area contributed by atoms with Gasteiger partial charge in [-0.1, -0.05) is 0 Å². The van der Waals surface area contributed by atoms with Gasteiger partial charge in [-0.3, -0.25) is 4.79 Å². The normalized spacial score (nSPS) is 18.9. The number of hydrogen-bond donors (Lipinski definition) is 2. The zero-order valence-corrected chi connectivity index (χ0v) is 10.3. The van der Waals surface area contributed by atoms with Crippen LogP contribution in [0.3, 0.4) is 0 Å². The first-order valence-electron chi connectivity index (χ1n) is 5.91. The van der Waals surface area contributed by atoms with E-state index in [2.05, 4.69) is 9.97 Å². The quantitative estimate of drug-likeness (QED) is 0.765. The summed E-state index contributed by atoms with van der Waals surface area (Å²) in [7, 11) is 0. The first kappa shape index (κ1) is 12.4. The van der Waals surface area contributed by atoms with Gasteiger partial charge in [-0.05, 0) is 13.3 Å². The smallest absolute Gasteiger partial charge is 0.242 e. The largest absolute Gasteiger partial charge is 0.476 e. The summed E-state index contributed by atoms with van der Waals surface area (Å²) in [5, 5.41) is 0. The van der Waals surface area contributed by atoms with Gasteiger partial charge in [0.25, 0.3) is 0 Å². The van der Waals surface area contributed by atoms with E-state index in [1.54, 1.807) is 0 Å². The van der Waals surface area contributed by atoms with Gasteiger partial charge >= 0.3 is 0 Å². The van der Waals surface area contributed by atoms with Gasteiger partial charge in [-0.2, -0.15) is 4.98 Å². The summed E-state index contributed by atoms with van der Waals surface area (Å²) in [6.45, 7) is 3.60. The molecule has 0 aromatic carbocycles. The summed E-state index contributed by atoms with van der Waals surface area (Å²) in [4.78, 5) is 21.2. The Balaban J connectivity index is 2.19. The molecule has 1 aliphatic rings. The van der Waals surface area contributed by atoms with Crippen LogP contribution in [0.15, 0.2) is 6.33 Å². The van der Waals surface area contributed by atoms with Crippen LogP contribution in [0.2, 0.25) is 0 Å². The third-order valence-electron chi connectivity index (χ3n) is 3.00. The number of rotatable bonds is 4. The third kappa shape index (κ3) is 2.29.